The highest BCUT2D eigenvalue weighted by atomic mass is 15.1. The van der Waals surface area contributed by atoms with E-state index in [0.717, 1.165) is 23.8 Å². The Morgan fingerprint density at radius 2 is 1.75 bits per heavy atom. The van der Waals surface area contributed by atoms with Gasteiger partial charge in [0.1, 0.15) is 0 Å². The third kappa shape index (κ3) is 2.91. The van der Waals surface area contributed by atoms with Gasteiger partial charge in [-0.3, -0.25) is 4.98 Å². The summed E-state index contributed by atoms with van der Waals surface area (Å²) >= 11 is 0. The fourth-order valence-electron chi connectivity index (χ4n) is 8.35. The molecule has 4 aliphatic carbocycles. The van der Waals surface area contributed by atoms with Gasteiger partial charge in [0.2, 0.25) is 0 Å². The molecule has 6 atom stereocenters. The van der Waals surface area contributed by atoms with Crippen molar-refractivity contribution in [3.8, 4) is 0 Å². The minimum absolute atomic E-state index is 0.319. The summed E-state index contributed by atoms with van der Waals surface area (Å²) < 4.78 is 0. The smallest absolute Gasteiger partial charge is 0.0346 e. The highest BCUT2D eigenvalue weighted by Gasteiger charge is 2.56. The predicted molar refractivity (Wildman–Crippen MR) is 134 cm³/mol. The molecule has 2 nitrogen and oxygen atoms in total. The van der Waals surface area contributed by atoms with Crippen LogP contribution in [0, 0.1) is 28.6 Å². The van der Waals surface area contributed by atoms with Crippen LogP contribution in [0.1, 0.15) is 64.4 Å². The first-order chi connectivity index (χ1) is 15.4. The lowest BCUT2D eigenvalue weighted by Gasteiger charge is -2.58. The Bertz CT molecular complexity index is 1110. The normalized spacial score (nSPS) is 38.7. The molecule has 168 valence electrons. The molecule has 0 radical (unpaired) electrons. The van der Waals surface area contributed by atoms with E-state index in [0.29, 0.717) is 10.8 Å². The summed E-state index contributed by atoms with van der Waals surface area (Å²) in [6.07, 6.45) is 18.6. The monoisotopic (exact) mass is 426 g/mol. The van der Waals surface area contributed by atoms with Crippen molar-refractivity contribution in [1.29, 1.82) is 0 Å². The van der Waals surface area contributed by atoms with Crippen molar-refractivity contribution in [3.63, 3.8) is 0 Å². The summed E-state index contributed by atoms with van der Waals surface area (Å²) in [6, 6.07) is 9.89. The van der Waals surface area contributed by atoms with Crippen LogP contribution in [0.25, 0.3) is 16.3 Å². The SMILES string of the molecule is CN(C)[C@H]1CC[C@@]2(C)C(=CC[C@@H]3C2CC[C@]2(C)C(c4ccc5ccncc5c4)=CC[C@@H]32)C1. The molecule has 2 fully saturated rings. The zero-order chi connectivity index (χ0) is 22.1. The third-order valence-corrected chi connectivity index (χ3v) is 10.3. The van der Waals surface area contributed by atoms with Crippen LogP contribution in [0.5, 0.6) is 0 Å². The molecule has 4 aliphatic rings. The Labute approximate surface area is 193 Å². The predicted octanol–water partition coefficient (Wildman–Crippen LogP) is 7.12. The van der Waals surface area contributed by atoms with Crippen LogP contribution in [0.3, 0.4) is 0 Å². The zero-order valence-electron chi connectivity index (χ0n) is 20.3. The number of aromatic nitrogens is 1. The van der Waals surface area contributed by atoms with Gasteiger partial charge < -0.3 is 4.90 Å². The summed E-state index contributed by atoms with van der Waals surface area (Å²) in [6.45, 7) is 5.22. The van der Waals surface area contributed by atoms with Gasteiger partial charge in [-0.05, 0) is 116 Å². The molecule has 0 aliphatic heterocycles. The average Bonchev–Trinajstić information content (AvgIpc) is 3.15. The Hall–Kier alpha value is -1.93. The second-order valence-electron chi connectivity index (χ2n) is 11.9. The molecule has 1 aromatic heterocycles. The van der Waals surface area contributed by atoms with E-state index >= 15 is 0 Å². The number of hydrogen-bond acceptors (Lipinski definition) is 2. The summed E-state index contributed by atoms with van der Waals surface area (Å²) in [5.74, 6) is 2.51. The number of nitrogens with zero attached hydrogens (tertiary/aromatic N) is 2. The van der Waals surface area contributed by atoms with Crippen LogP contribution < -0.4 is 0 Å². The number of benzene rings is 1. The molecule has 2 saturated carbocycles. The Balaban J connectivity index is 1.31. The maximum absolute atomic E-state index is 4.37. The van der Waals surface area contributed by atoms with E-state index in [1.807, 2.05) is 12.4 Å². The maximum atomic E-state index is 4.37. The number of pyridine rings is 1. The lowest BCUT2D eigenvalue weighted by atomic mass is 9.47. The Morgan fingerprint density at radius 1 is 0.906 bits per heavy atom. The number of rotatable bonds is 2. The van der Waals surface area contributed by atoms with Gasteiger partial charge in [0, 0.05) is 23.8 Å². The molecule has 0 spiro atoms. The number of allylic oxidation sites excluding steroid dienone is 3. The molecule has 2 heteroatoms. The van der Waals surface area contributed by atoms with E-state index in [1.165, 1.54) is 61.3 Å². The molecule has 0 amide bonds. The fraction of sp³-hybridized carbons (Fsp3) is 0.567. The van der Waals surface area contributed by atoms with Gasteiger partial charge in [0.15, 0.2) is 0 Å². The number of fused-ring (bicyclic) bond motifs is 6. The highest BCUT2D eigenvalue weighted by Crippen LogP contribution is 2.66. The van der Waals surface area contributed by atoms with E-state index in [-0.39, 0.29) is 0 Å². The van der Waals surface area contributed by atoms with Crippen LogP contribution in [0.15, 0.2) is 54.4 Å². The molecule has 2 aromatic rings. The maximum Gasteiger partial charge on any atom is 0.0346 e. The lowest BCUT2D eigenvalue weighted by molar-refractivity contribution is -0.0164. The molecule has 1 aromatic carbocycles. The van der Waals surface area contributed by atoms with Gasteiger partial charge in [0.05, 0.1) is 0 Å². The first-order valence-electron chi connectivity index (χ1n) is 12.8. The molecule has 1 unspecified atom stereocenters. The minimum atomic E-state index is 0.319. The van der Waals surface area contributed by atoms with Crippen LogP contribution in [-0.2, 0) is 0 Å². The van der Waals surface area contributed by atoms with Gasteiger partial charge in [-0.2, -0.15) is 0 Å². The van der Waals surface area contributed by atoms with Crippen LogP contribution in [0.2, 0.25) is 0 Å². The molecule has 6 rings (SSSR count). The molecular weight excluding hydrogens is 388 g/mol. The van der Waals surface area contributed by atoms with Crippen LogP contribution in [0.4, 0.5) is 0 Å². The molecule has 0 saturated heterocycles. The third-order valence-electron chi connectivity index (χ3n) is 10.3. The van der Waals surface area contributed by atoms with Crippen LogP contribution >= 0.6 is 0 Å². The van der Waals surface area contributed by atoms with Gasteiger partial charge >= 0.3 is 0 Å². The van der Waals surface area contributed by atoms with Crippen molar-refractivity contribution in [3.05, 3.63) is 59.9 Å². The van der Waals surface area contributed by atoms with Crippen molar-refractivity contribution < 1.29 is 0 Å². The van der Waals surface area contributed by atoms with Crippen molar-refractivity contribution in [2.45, 2.75) is 64.8 Å². The topological polar surface area (TPSA) is 16.1 Å². The molecular formula is C30H38N2. The molecule has 0 bridgehead atoms. The number of hydrogen-bond donors (Lipinski definition) is 0. The van der Waals surface area contributed by atoms with Gasteiger partial charge in [-0.1, -0.05) is 43.7 Å². The Morgan fingerprint density at radius 3 is 2.59 bits per heavy atom. The summed E-state index contributed by atoms with van der Waals surface area (Å²) in [4.78, 5) is 6.82. The minimum Gasteiger partial charge on any atom is -0.306 e. The van der Waals surface area contributed by atoms with Gasteiger partial charge in [0.25, 0.3) is 0 Å². The van der Waals surface area contributed by atoms with Crippen molar-refractivity contribution in [1.82, 2.24) is 9.88 Å². The molecule has 0 N–H and O–H groups in total. The van der Waals surface area contributed by atoms with E-state index < -0.39 is 0 Å². The van der Waals surface area contributed by atoms with E-state index in [9.17, 15) is 0 Å². The van der Waals surface area contributed by atoms with Crippen molar-refractivity contribution in [2.24, 2.45) is 28.6 Å². The van der Waals surface area contributed by atoms with E-state index in [2.05, 4.69) is 74.2 Å². The van der Waals surface area contributed by atoms with Crippen molar-refractivity contribution >= 4 is 16.3 Å². The first-order valence-corrected chi connectivity index (χ1v) is 12.8. The fourth-order valence-corrected chi connectivity index (χ4v) is 8.35. The van der Waals surface area contributed by atoms with Gasteiger partial charge in [-0.25, -0.2) is 0 Å². The lowest BCUT2D eigenvalue weighted by Crippen LogP contribution is -2.50. The van der Waals surface area contributed by atoms with Gasteiger partial charge in [-0.15, -0.1) is 0 Å². The second kappa shape index (κ2) is 7.29. The summed E-state index contributed by atoms with van der Waals surface area (Å²) in [5.41, 5.74) is 5.59. The largest absolute Gasteiger partial charge is 0.306 e. The zero-order valence-corrected chi connectivity index (χ0v) is 20.3. The van der Waals surface area contributed by atoms with E-state index in [1.54, 1.807) is 11.1 Å². The Kier molecular flexibility index (Phi) is 4.70. The van der Waals surface area contributed by atoms with Crippen LogP contribution in [-0.4, -0.2) is 30.0 Å². The van der Waals surface area contributed by atoms with E-state index in [4.69, 9.17) is 0 Å². The summed E-state index contributed by atoms with van der Waals surface area (Å²) in [7, 11) is 4.53. The first kappa shape index (κ1) is 20.7. The standard InChI is InChI=1S/C30H38N2/c1-29-14-11-24(32(3)4)18-23(29)7-8-25-27-10-9-26(30(27,2)15-12-28(25)29)21-6-5-20-13-16-31-19-22(20)17-21/h5-7,9,13,16-17,19,24-25,27-28H,8,10-12,14-15,18H2,1-4H3/t24-,25-,27-,28?,29-,30+/m0/s1. The second-order valence-corrected chi connectivity index (χ2v) is 11.9. The molecule has 1 heterocycles. The molecule has 32 heavy (non-hydrogen) atoms. The average molecular weight is 427 g/mol. The van der Waals surface area contributed by atoms with Crippen molar-refractivity contribution in [2.75, 3.05) is 14.1 Å². The quantitative estimate of drug-likeness (QED) is 0.475. The summed E-state index contributed by atoms with van der Waals surface area (Å²) in [5, 5.41) is 2.56. The highest BCUT2D eigenvalue weighted by molar-refractivity contribution is 5.86.